The first kappa shape index (κ1) is 13.5. The Morgan fingerprint density at radius 2 is 1.76 bits per heavy atom. The van der Waals surface area contributed by atoms with Gasteiger partial charge in [-0.2, -0.15) is 5.26 Å². The minimum Gasteiger partial charge on any atom is -0.355 e. The highest BCUT2D eigenvalue weighted by atomic mass is 32.2. The van der Waals surface area contributed by atoms with E-state index in [-0.39, 0.29) is 0 Å². The highest BCUT2D eigenvalue weighted by molar-refractivity contribution is 7.98. The first-order valence-electron chi connectivity index (χ1n) is 6.65. The van der Waals surface area contributed by atoms with E-state index in [9.17, 15) is 5.26 Å². The molecular formula is C18H14N2S. The number of benzene rings is 3. The minimum absolute atomic E-state index is 0.703. The van der Waals surface area contributed by atoms with Crippen molar-refractivity contribution in [1.82, 2.24) is 0 Å². The average molecular weight is 290 g/mol. The second kappa shape index (κ2) is 5.90. The van der Waals surface area contributed by atoms with Crippen molar-refractivity contribution >= 4 is 33.9 Å². The van der Waals surface area contributed by atoms with Gasteiger partial charge >= 0.3 is 0 Å². The van der Waals surface area contributed by atoms with Crippen LogP contribution in [-0.4, -0.2) is 6.26 Å². The number of hydrogen-bond acceptors (Lipinski definition) is 3. The number of rotatable bonds is 3. The third-order valence-electron chi connectivity index (χ3n) is 3.39. The Labute approximate surface area is 128 Å². The molecule has 3 heteroatoms. The van der Waals surface area contributed by atoms with Crippen molar-refractivity contribution in [2.24, 2.45) is 0 Å². The molecule has 0 radical (unpaired) electrons. The van der Waals surface area contributed by atoms with Gasteiger partial charge in [0, 0.05) is 27.0 Å². The van der Waals surface area contributed by atoms with Gasteiger partial charge in [0.2, 0.25) is 0 Å². The smallest absolute Gasteiger partial charge is 0.0998 e. The van der Waals surface area contributed by atoms with Crippen molar-refractivity contribution in [3.63, 3.8) is 0 Å². The molecule has 1 N–H and O–H groups in total. The van der Waals surface area contributed by atoms with E-state index in [2.05, 4.69) is 29.8 Å². The second-order valence-electron chi connectivity index (χ2n) is 4.68. The highest BCUT2D eigenvalue weighted by Gasteiger charge is 2.05. The molecule has 102 valence electrons. The van der Waals surface area contributed by atoms with Crippen molar-refractivity contribution in [2.75, 3.05) is 11.6 Å². The molecule has 2 nitrogen and oxygen atoms in total. The van der Waals surface area contributed by atoms with Gasteiger partial charge in [0.1, 0.15) is 0 Å². The topological polar surface area (TPSA) is 35.8 Å². The van der Waals surface area contributed by atoms with E-state index in [1.165, 1.54) is 4.90 Å². The van der Waals surface area contributed by atoms with Crippen LogP contribution < -0.4 is 5.32 Å². The van der Waals surface area contributed by atoms with Crippen LogP contribution in [0.5, 0.6) is 0 Å². The Kier molecular flexibility index (Phi) is 3.81. The molecule has 0 saturated carbocycles. The van der Waals surface area contributed by atoms with Crippen LogP contribution in [0.2, 0.25) is 0 Å². The molecule has 0 aliphatic heterocycles. The van der Waals surface area contributed by atoms with E-state index < -0.39 is 0 Å². The molecule has 0 bridgehead atoms. The average Bonchev–Trinajstić information content (AvgIpc) is 2.55. The van der Waals surface area contributed by atoms with Gasteiger partial charge in [-0.25, -0.2) is 0 Å². The van der Waals surface area contributed by atoms with E-state index in [1.54, 1.807) is 11.8 Å². The van der Waals surface area contributed by atoms with Crippen molar-refractivity contribution in [2.45, 2.75) is 4.90 Å². The lowest BCUT2D eigenvalue weighted by Gasteiger charge is -2.11. The molecule has 0 unspecified atom stereocenters. The zero-order chi connectivity index (χ0) is 14.7. The summed E-state index contributed by atoms with van der Waals surface area (Å²) < 4.78 is 0. The van der Waals surface area contributed by atoms with Crippen LogP contribution in [-0.2, 0) is 0 Å². The minimum atomic E-state index is 0.703. The molecule has 0 atom stereocenters. The molecule has 0 spiro atoms. The van der Waals surface area contributed by atoms with Crippen LogP contribution in [0, 0.1) is 11.3 Å². The molecule has 3 rings (SSSR count). The van der Waals surface area contributed by atoms with Gasteiger partial charge in [-0.15, -0.1) is 11.8 Å². The van der Waals surface area contributed by atoms with Gasteiger partial charge in [-0.1, -0.05) is 30.3 Å². The molecule has 0 saturated heterocycles. The first-order valence-corrected chi connectivity index (χ1v) is 7.87. The molecule has 0 amide bonds. The predicted molar refractivity (Wildman–Crippen MR) is 90.2 cm³/mol. The molecule has 0 heterocycles. The number of hydrogen-bond donors (Lipinski definition) is 1. The number of nitrogens with zero attached hydrogens (tertiary/aromatic N) is 1. The van der Waals surface area contributed by atoms with Crippen molar-refractivity contribution in [1.29, 1.82) is 5.26 Å². The summed E-state index contributed by atoms with van der Waals surface area (Å²) in [5.74, 6) is 0. The summed E-state index contributed by atoms with van der Waals surface area (Å²) >= 11 is 1.72. The highest BCUT2D eigenvalue weighted by Crippen LogP contribution is 2.29. The molecule has 0 aliphatic rings. The lowest BCUT2D eigenvalue weighted by molar-refractivity contribution is 1.44. The summed E-state index contributed by atoms with van der Waals surface area (Å²) in [6.45, 7) is 0. The quantitative estimate of drug-likeness (QED) is 0.675. The number of nitrogens with one attached hydrogen (secondary N) is 1. The molecule has 21 heavy (non-hydrogen) atoms. The number of fused-ring (bicyclic) bond motifs is 1. The van der Waals surface area contributed by atoms with Gasteiger partial charge in [0.05, 0.1) is 11.6 Å². The zero-order valence-electron chi connectivity index (χ0n) is 11.6. The lowest BCUT2D eigenvalue weighted by atomic mass is 10.0. The summed E-state index contributed by atoms with van der Waals surface area (Å²) in [6.07, 6.45) is 2.07. The fourth-order valence-electron chi connectivity index (χ4n) is 2.36. The van der Waals surface area contributed by atoms with E-state index >= 15 is 0 Å². The maximum atomic E-state index is 9.21. The summed E-state index contributed by atoms with van der Waals surface area (Å²) in [5, 5.41) is 14.7. The van der Waals surface area contributed by atoms with Crippen LogP contribution in [0.3, 0.4) is 0 Å². The SMILES string of the molecule is CSc1cccc(Nc2ccc(C#N)c3ccccc23)c1. The number of nitriles is 1. The van der Waals surface area contributed by atoms with Gasteiger partial charge in [0.25, 0.3) is 0 Å². The van der Waals surface area contributed by atoms with E-state index in [4.69, 9.17) is 0 Å². The van der Waals surface area contributed by atoms with Crippen LogP contribution in [0.1, 0.15) is 5.56 Å². The summed E-state index contributed by atoms with van der Waals surface area (Å²) in [5.41, 5.74) is 2.77. The molecule has 3 aromatic carbocycles. The summed E-state index contributed by atoms with van der Waals surface area (Å²) in [6, 6.07) is 22.4. The molecule has 0 fully saturated rings. The third kappa shape index (κ3) is 2.72. The molecule has 3 aromatic rings. The number of thioether (sulfide) groups is 1. The van der Waals surface area contributed by atoms with Crippen molar-refractivity contribution < 1.29 is 0 Å². The fourth-order valence-corrected chi connectivity index (χ4v) is 2.82. The van der Waals surface area contributed by atoms with Gasteiger partial charge < -0.3 is 5.32 Å². The fraction of sp³-hybridized carbons (Fsp3) is 0.0556. The maximum absolute atomic E-state index is 9.21. The Bertz CT molecular complexity index is 834. The first-order chi connectivity index (χ1) is 10.3. The second-order valence-corrected chi connectivity index (χ2v) is 5.55. The molecular weight excluding hydrogens is 276 g/mol. The Balaban J connectivity index is 2.07. The zero-order valence-corrected chi connectivity index (χ0v) is 12.4. The molecule has 0 aliphatic carbocycles. The standard InChI is InChI=1S/C18H14N2S/c1-21-15-6-4-5-14(11-15)20-18-10-9-13(12-19)16-7-2-3-8-17(16)18/h2-11,20H,1H3. The Hall–Kier alpha value is -2.44. The monoisotopic (exact) mass is 290 g/mol. The predicted octanol–water partition coefficient (Wildman–Crippen LogP) is 5.18. The van der Waals surface area contributed by atoms with E-state index in [0.717, 1.165) is 22.1 Å². The van der Waals surface area contributed by atoms with E-state index in [0.29, 0.717) is 5.56 Å². The van der Waals surface area contributed by atoms with Crippen LogP contribution in [0.4, 0.5) is 11.4 Å². The normalized spacial score (nSPS) is 10.3. The van der Waals surface area contributed by atoms with E-state index in [1.807, 2.05) is 48.5 Å². The maximum Gasteiger partial charge on any atom is 0.0998 e. The van der Waals surface area contributed by atoms with Gasteiger partial charge in [-0.3, -0.25) is 0 Å². The van der Waals surface area contributed by atoms with Gasteiger partial charge in [-0.05, 0) is 36.6 Å². The molecule has 0 aromatic heterocycles. The van der Waals surface area contributed by atoms with Crippen molar-refractivity contribution in [3.05, 3.63) is 66.2 Å². The Morgan fingerprint density at radius 1 is 0.952 bits per heavy atom. The summed E-state index contributed by atoms with van der Waals surface area (Å²) in [7, 11) is 0. The summed E-state index contributed by atoms with van der Waals surface area (Å²) in [4.78, 5) is 1.22. The largest absolute Gasteiger partial charge is 0.355 e. The van der Waals surface area contributed by atoms with Gasteiger partial charge in [0.15, 0.2) is 0 Å². The van der Waals surface area contributed by atoms with Crippen LogP contribution in [0.25, 0.3) is 10.8 Å². The lowest BCUT2D eigenvalue weighted by Crippen LogP contribution is -1.93. The van der Waals surface area contributed by atoms with Crippen molar-refractivity contribution in [3.8, 4) is 6.07 Å². The van der Waals surface area contributed by atoms with Crippen LogP contribution >= 0.6 is 11.8 Å². The number of anilines is 2. The third-order valence-corrected chi connectivity index (χ3v) is 4.12. The van der Waals surface area contributed by atoms with Crippen LogP contribution in [0.15, 0.2) is 65.6 Å². The Morgan fingerprint density at radius 3 is 2.52 bits per heavy atom.